The molecule has 1 aliphatic rings. The fourth-order valence-corrected chi connectivity index (χ4v) is 1.95. The van der Waals surface area contributed by atoms with Gasteiger partial charge in [0.15, 0.2) is 0 Å². The Morgan fingerprint density at radius 1 is 1.47 bits per heavy atom. The lowest BCUT2D eigenvalue weighted by Crippen LogP contribution is -2.46. The van der Waals surface area contributed by atoms with Crippen molar-refractivity contribution in [2.24, 2.45) is 5.41 Å². The number of ether oxygens (including phenoxy) is 1. The maximum absolute atomic E-state index is 10.9. The van der Waals surface area contributed by atoms with E-state index in [1.165, 1.54) is 0 Å². The predicted octanol–water partition coefficient (Wildman–Crippen LogP) is 0.560. The number of piperidine rings is 1. The Morgan fingerprint density at radius 2 is 2.07 bits per heavy atom. The van der Waals surface area contributed by atoms with E-state index in [4.69, 9.17) is 4.74 Å². The highest BCUT2D eigenvalue weighted by Crippen LogP contribution is 2.28. The van der Waals surface area contributed by atoms with Gasteiger partial charge in [0.2, 0.25) is 5.91 Å². The van der Waals surface area contributed by atoms with Gasteiger partial charge in [-0.05, 0) is 25.9 Å². The van der Waals surface area contributed by atoms with Crippen LogP contribution >= 0.6 is 12.4 Å². The maximum Gasteiger partial charge on any atom is 0.216 e. The largest absolute Gasteiger partial charge is 0.384 e. The zero-order valence-corrected chi connectivity index (χ0v) is 10.3. The molecule has 0 saturated carbocycles. The number of amides is 1. The van der Waals surface area contributed by atoms with E-state index in [1.807, 2.05) is 0 Å². The molecule has 1 heterocycles. The molecule has 90 valence electrons. The van der Waals surface area contributed by atoms with Crippen LogP contribution in [-0.2, 0) is 9.53 Å². The average molecular weight is 237 g/mol. The first-order valence-corrected chi connectivity index (χ1v) is 5.13. The van der Waals surface area contributed by atoms with E-state index in [-0.39, 0.29) is 23.7 Å². The van der Waals surface area contributed by atoms with E-state index >= 15 is 0 Å². The maximum atomic E-state index is 10.9. The predicted molar refractivity (Wildman–Crippen MR) is 62.3 cm³/mol. The van der Waals surface area contributed by atoms with Crippen LogP contribution in [0.5, 0.6) is 0 Å². The summed E-state index contributed by atoms with van der Waals surface area (Å²) in [5.74, 6) is 0.0408. The first kappa shape index (κ1) is 14.7. The van der Waals surface area contributed by atoms with Crippen molar-refractivity contribution in [1.29, 1.82) is 0 Å². The Morgan fingerprint density at radius 3 is 2.53 bits per heavy atom. The molecule has 0 radical (unpaired) electrons. The van der Waals surface area contributed by atoms with Gasteiger partial charge < -0.3 is 15.4 Å². The van der Waals surface area contributed by atoms with E-state index in [0.717, 1.165) is 39.1 Å². The van der Waals surface area contributed by atoms with Crippen molar-refractivity contribution < 1.29 is 9.53 Å². The summed E-state index contributed by atoms with van der Waals surface area (Å²) in [6.07, 6.45) is 2.14. The van der Waals surface area contributed by atoms with Crippen LogP contribution < -0.4 is 10.6 Å². The first-order valence-electron chi connectivity index (χ1n) is 5.13. The third-order valence-corrected chi connectivity index (χ3v) is 2.83. The molecule has 0 aromatic heterocycles. The summed E-state index contributed by atoms with van der Waals surface area (Å²) in [5.41, 5.74) is 0.145. The van der Waals surface area contributed by atoms with Gasteiger partial charge in [-0.3, -0.25) is 4.79 Å². The molecule has 0 aliphatic carbocycles. The molecule has 0 bridgehead atoms. The Bertz CT molecular complexity index is 188. The average Bonchev–Trinajstić information content (AvgIpc) is 2.17. The van der Waals surface area contributed by atoms with Crippen molar-refractivity contribution in [3.63, 3.8) is 0 Å². The van der Waals surface area contributed by atoms with Crippen molar-refractivity contribution in [2.75, 3.05) is 33.4 Å². The highest BCUT2D eigenvalue weighted by Gasteiger charge is 2.31. The molecule has 0 atom stereocenters. The summed E-state index contributed by atoms with van der Waals surface area (Å²) in [7, 11) is 1.72. The summed E-state index contributed by atoms with van der Waals surface area (Å²) < 4.78 is 5.24. The van der Waals surface area contributed by atoms with Gasteiger partial charge in [-0.15, -0.1) is 12.4 Å². The van der Waals surface area contributed by atoms with E-state index in [2.05, 4.69) is 10.6 Å². The molecule has 0 aromatic rings. The van der Waals surface area contributed by atoms with Gasteiger partial charge in [-0.25, -0.2) is 0 Å². The number of carbonyl (C=O) groups excluding carboxylic acids is 1. The Kier molecular flexibility index (Phi) is 6.89. The van der Waals surface area contributed by atoms with Crippen LogP contribution in [0.25, 0.3) is 0 Å². The van der Waals surface area contributed by atoms with E-state index in [9.17, 15) is 4.79 Å². The molecular weight excluding hydrogens is 216 g/mol. The lowest BCUT2D eigenvalue weighted by Gasteiger charge is -2.37. The second-order valence-corrected chi connectivity index (χ2v) is 4.09. The highest BCUT2D eigenvalue weighted by atomic mass is 35.5. The zero-order chi connectivity index (χ0) is 10.4. The van der Waals surface area contributed by atoms with Crippen molar-refractivity contribution in [2.45, 2.75) is 19.8 Å². The normalized spacial score (nSPS) is 19.1. The third-order valence-electron chi connectivity index (χ3n) is 2.83. The SMILES string of the molecule is COCC1(CNC(C)=O)CCNCC1.Cl. The molecule has 1 rings (SSSR count). The summed E-state index contributed by atoms with van der Waals surface area (Å²) in [6, 6.07) is 0. The second-order valence-electron chi connectivity index (χ2n) is 4.09. The van der Waals surface area contributed by atoms with Gasteiger partial charge in [0.1, 0.15) is 0 Å². The van der Waals surface area contributed by atoms with Crippen LogP contribution in [0.2, 0.25) is 0 Å². The Labute approximate surface area is 97.5 Å². The Hall–Kier alpha value is -0.320. The minimum absolute atomic E-state index is 0. The number of methoxy groups -OCH3 is 1. The summed E-state index contributed by atoms with van der Waals surface area (Å²) in [5, 5.41) is 6.21. The minimum Gasteiger partial charge on any atom is -0.384 e. The number of hydrogen-bond donors (Lipinski definition) is 2. The van der Waals surface area contributed by atoms with Crippen molar-refractivity contribution in [3.8, 4) is 0 Å². The number of hydrogen-bond acceptors (Lipinski definition) is 3. The molecular formula is C10H21ClN2O2. The van der Waals surface area contributed by atoms with E-state index in [0.29, 0.717) is 0 Å². The molecule has 0 spiro atoms. The molecule has 2 N–H and O–H groups in total. The Balaban J connectivity index is 0.00000196. The minimum atomic E-state index is 0. The molecule has 0 unspecified atom stereocenters. The third kappa shape index (κ3) is 4.82. The second kappa shape index (κ2) is 7.04. The standard InChI is InChI=1S/C10H20N2O2.ClH/c1-9(13)12-7-10(8-14-2)3-5-11-6-4-10;/h11H,3-8H2,1-2H3,(H,12,13);1H. The topological polar surface area (TPSA) is 50.4 Å². The lowest BCUT2D eigenvalue weighted by atomic mass is 9.79. The fraction of sp³-hybridized carbons (Fsp3) is 0.900. The smallest absolute Gasteiger partial charge is 0.216 e. The van der Waals surface area contributed by atoms with Gasteiger partial charge >= 0.3 is 0 Å². The molecule has 1 saturated heterocycles. The van der Waals surface area contributed by atoms with Gasteiger partial charge in [-0.2, -0.15) is 0 Å². The number of nitrogens with one attached hydrogen (secondary N) is 2. The molecule has 5 heteroatoms. The van der Waals surface area contributed by atoms with Crippen molar-refractivity contribution in [1.82, 2.24) is 10.6 Å². The number of carbonyl (C=O) groups is 1. The highest BCUT2D eigenvalue weighted by molar-refractivity contribution is 5.85. The van der Waals surface area contributed by atoms with Crippen LogP contribution in [0, 0.1) is 5.41 Å². The number of halogens is 1. The van der Waals surface area contributed by atoms with E-state index in [1.54, 1.807) is 14.0 Å². The molecule has 1 aliphatic heterocycles. The van der Waals surface area contributed by atoms with Crippen molar-refractivity contribution in [3.05, 3.63) is 0 Å². The van der Waals surface area contributed by atoms with Gasteiger partial charge in [0.05, 0.1) is 6.61 Å². The monoisotopic (exact) mass is 236 g/mol. The molecule has 1 amide bonds. The molecule has 0 aromatic carbocycles. The van der Waals surface area contributed by atoms with Crippen molar-refractivity contribution >= 4 is 18.3 Å². The van der Waals surface area contributed by atoms with Crippen LogP contribution in [0.15, 0.2) is 0 Å². The first-order chi connectivity index (χ1) is 6.68. The zero-order valence-electron chi connectivity index (χ0n) is 9.47. The number of rotatable bonds is 4. The fourth-order valence-electron chi connectivity index (χ4n) is 1.95. The van der Waals surface area contributed by atoms with Gasteiger partial charge in [-0.1, -0.05) is 0 Å². The van der Waals surface area contributed by atoms with Crippen LogP contribution in [0.3, 0.4) is 0 Å². The lowest BCUT2D eigenvalue weighted by molar-refractivity contribution is -0.119. The molecule has 1 fully saturated rings. The van der Waals surface area contributed by atoms with Gasteiger partial charge in [0.25, 0.3) is 0 Å². The molecule has 15 heavy (non-hydrogen) atoms. The van der Waals surface area contributed by atoms with Gasteiger partial charge in [0, 0.05) is 26.0 Å². The summed E-state index contributed by atoms with van der Waals surface area (Å²) in [6.45, 7) is 5.06. The summed E-state index contributed by atoms with van der Waals surface area (Å²) >= 11 is 0. The molecule has 4 nitrogen and oxygen atoms in total. The quantitative estimate of drug-likeness (QED) is 0.750. The van der Waals surface area contributed by atoms with E-state index < -0.39 is 0 Å². The summed E-state index contributed by atoms with van der Waals surface area (Å²) in [4.78, 5) is 10.9. The van der Waals surface area contributed by atoms with Crippen LogP contribution in [-0.4, -0.2) is 39.3 Å². The van der Waals surface area contributed by atoms with Crippen LogP contribution in [0.1, 0.15) is 19.8 Å². The van der Waals surface area contributed by atoms with Crippen LogP contribution in [0.4, 0.5) is 0 Å².